The van der Waals surface area contributed by atoms with Crippen LogP contribution in [0.4, 0.5) is 0 Å². The molecule has 0 bridgehead atoms. The van der Waals surface area contributed by atoms with Crippen LogP contribution in [0.5, 0.6) is 0 Å². The molecule has 0 radical (unpaired) electrons. The minimum atomic E-state index is -0.661. The number of hydrogen-bond donors (Lipinski definition) is 1. The molecule has 2 aromatic rings. The molecule has 0 fully saturated rings. The summed E-state index contributed by atoms with van der Waals surface area (Å²) in [6, 6.07) is 7.48. The van der Waals surface area contributed by atoms with Gasteiger partial charge in [0.15, 0.2) is 0 Å². The van der Waals surface area contributed by atoms with Gasteiger partial charge in [-0.15, -0.1) is 0 Å². The van der Waals surface area contributed by atoms with Crippen LogP contribution in [-0.4, -0.2) is 14.9 Å². The lowest BCUT2D eigenvalue weighted by molar-refractivity contribution is 0.176. The Labute approximate surface area is 135 Å². The van der Waals surface area contributed by atoms with Crippen molar-refractivity contribution in [2.45, 2.75) is 45.3 Å². The molecule has 5 heteroatoms. The molecule has 1 aromatic heterocycles. The Morgan fingerprint density at radius 1 is 1.14 bits per heavy atom. The summed E-state index contributed by atoms with van der Waals surface area (Å²) in [6.45, 7) is 4.30. The average Bonchev–Trinajstić information content (AvgIpc) is 2.87. The highest BCUT2D eigenvalue weighted by molar-refractivity contribution is 6.34. The van der Waals surface area contributed by atoms with Crippen LogP contribution in [0, 0.1) is 0 Å². The molecule has 1 atom stereocenters. The summed E-state index contributed by atoms with van der Waals surface area (Å²) in [7, 11) is 0. The molecule has 1 heterocycles. The summed E-state index contributed by atoms with van der Waals surface area (Å²) >= 11 is 11.9. The van der Waals surface area contributed by atoms with Crippen LogP contribution < -0.4 is 0 Å². The van der Waals surface area contributed by atoms with Gasteiger partial charge < -0.3 is 5.11 Å². The highest BCUT2D eigenvalue weighted by Crippen LogP contribution is 2.25. The van der Waals surface area contributed by atoms with Gasteiger partial charge in [-0.2, -0.15) is 5.10 Å². The maximum atomic E-state index is 10.3. The minimum absolute atomic E-state index is 0.413. The van der Waals surface area contributed by atoms with Crippen LogP contribution in [0.3, 0.4) is 0 Å². The van der Waals surface area contributed by atoms with Gasteiger partial charge in [0, 0.05) is 22.7 Å². The van der Waals surface area contributed by atoms with E-state index >= 15 is 0 Å². The number of rotatable bonds is 6. The molecule has 114 valence electrons. The zero-order valence-corrected chi connectivity index (χ0v) is 13.8. The topological polar surface area (TPSA) is 38.0 Å². The number of halogens is 2. The first-order chi connectivity index (χ1) is 10.0. The maximum absolute atomic E-state index is 10.3. The smallest absolute Gasteiger partial charge is 0.0847 e. The molecule has 3 nitrogen and oxygen atoms in total. The first kappa shape index (κ1) is 16.3. The van der Waals surface area contributed by atoms with Crippen molar-refractivity contribution in [3.05, 3.63) is 51.8 Å². The third-order valence-electron chi connectivity index (χ3n) is 3.65. The van der Waals surface area contributed by atoms with Gasteiger partial charge in [-0.05, 0) is 42.7 Å². The number of aliphatic hydroxyl groups excluding tert-OH is 1. The van der Waals surface area contributed by atoms with Crippen LogP contribution in [0.1, 0.15) is 50.1 Å². The molecule has 2 rings (SSSR count). The van der Waals surface area contributed by atoms with Crippen molar-refractivity contribution in [3.8, 4) is 0 Å². The van der Waals surface area contributed by atoms with Crippen LogP contribution in [0.2, 0.25) is 10.0 Å². The van der Waals surface area contributed by atoms with E-state index in [0.717, 1.165) is 18.5 Å². The van der Waals surface area contributed by atoms with Crippen LogP contribution in [-0.2, 0) is 6.42 Å². The van der Waals surface area contributed by atoms with E-state index < -0.39 is 6.10 Å². The fourth-order valence-electron chi connectivity index (χ4n) is 2.44. The summed E-state index contributed by atoms with van der Waals surface area (Å²) in [5.41, 5.74) is 1.58. The Balaban J connectivity index is 2.10. The SMILES string of the molecule is CCC(CC)n1ccc(CC(O)c2cc(Cl)cc(Cl)c2)n1. The Hall–Kier alpha value is -1.03. The second-order valence-corrected chi connectivity index (χ2v) is 6.05. The number of aromatic nitrogens is 2. The van der Waals surface area contributed by atoms with Gasteiger partial charge in [-0.25, -0.2) is 0 Å². The molecular formula is C16H20Cl2N2O. The monoisotopic (exact) mass is 326 g/mol. The maximum Gasteiger partial charge on any atom is 0.0847 e. The summed E-state index contributed by atoms with van der Waals surface area (Å²) < 4.78 is 1.98. The highest BCUT2D eigenvalue weighted by Gasteiger charge is 2.14. The molecule has 0 spiro atoms. The van der Waals surface area contributed by atoms with Gasteiger partial charge in [-0.1, -0.05) is 37.0 Å². The van der Waals surface area contributed by atoms with E-state index in [1.165, 1.54) is 0 Å². The van der Waals surface area contributed by atoms with Crippen molar-refractivity contribution in [2.24, 2.45) is 0 Å². The predicted octanol–water partition coefficient (Wildman–Crippen LogP) is 4.83. The molecule has 1 aromatic carbocycles. The molecule has 0 saturated carbocycles. The largest absolute Gasteiger partial charge is 0.388 e. The molecule has 21 heavy (non-hydrogen) atoms. The first-order valence-corrected chi connectivity index (χ1v) is 7.97. The van der Waals surface area contributed by atoms with Crippen molar-refractivity contribution < 1.29 is 5.11 Å². The third-order valence-corrected chi connectivity index (χ3v) is 4.09. The molecule has 0 saturated heterocycles. The number of nitrogens with zero attached hydrogens (tertiary/aromatic N) is 2. The van der Waals surface area contributed by atoms with E-state index in [-0.39, 0.29) is 0 Å². The fraction of sp³-hybridized carbons (Fsp3) is 0.438. The van der Waals surface area contributed by atoms with Gasteiger partial charge in [0.1, 0.15) is 0 Å². The normalized spacial score (nSPS) is 12.9. The fourth-order valence-corrected chi connectivity index (χ4v) is 2.98. The first-order valence-electron chi connectivity index (χ1n) is 7.21. The Bertz CT molecular complexity index is 573. The minimum Gasteiger partial charge on any atom is -0.388 e. The molecule has 1 N–H and O–H groups in total. The lowest BCUT2D eigenvalue weighted by atomic mass is 10.1. The van der Waals surface area contributed by atoms with Gasteiger partial charge in [-0.3, -0.25) is 4.68 Å². The zero-order chi connectivity index (χ0) is 15.4. The zero-order valence-electron chi connectivity index (χ0n) is 12.3. The van der Waals surface area contributed by atoms with Gasteiger partial charge in [0.05, 0.1) is 17.8 Å². The summed E-state index contributed by atoms with van der Waals surface area (Å²) in [4.78, 5) is 0. The molecule has 0 amide bonds. The van der Waals surface area contributed by atoms with Crippen molar-refractivity contribution >= 4 is 23.2 Å². The number of hydrogen-bond acceptors (Lipinski definition) is 2. The number of benzene rings is 1. The average molecular weight is 327 g/mol. The van der Waals surface area contributed by atoms with Crippen LogP contribution in [0.15, 0.2) is 30.5 Å². The van der Waals surface area contributed by atoms with E-state index in [9.17, 15) is 5.11 Å². The third kappa shape index (κ3) is 4.22. The quantitative estimate of drug-likeness (QED) is 0.825. The second kappa shape index (κ2) is 7.30. The van der Waals surface area contributed by atoms with Crippen molar-refractivity contribution in [1.82, 2.24) is 9.78 Å². The van der Waals surface area contributed by atoms with Crippen LogP contribution in [0.25, 0.3) is 0 Å². The second-order valence-electron chi connectivity index (χ2n) is 5.18. The van der Waals surface area contributed by atoms with E-state index in [2.05, 4.69) is 18.9 Å². The summed E-state index contributed by atoms with van der Waals surface area (Å²) in [5.74, 6) is 0. The van der Waals surface area contributed by atoms with E-state index in [1.807, 2.05) is 16.9 Å². The summed E-state index contributed by atoms with van der Waals surface area (Å²) in [5, 5.41) is 15.9. The molecule has 0 aliphatic heterocycles. The molecule has 0 aliphatic rings. The van der Waals surface area contributed by atoms with Crippen molar-refractivity contribution in [2.75, 3.05) is 0 Å². The van der Waals surface area contributed by atoms with Gasteiger partial charge >= 0.3 is 0 Å². The number of aliphatic hydroxyl groups is 1. The molecule has 1 unspecified atom stereocenters. The lowest BCUT2D eigenvalue weighted by Gasteiger charge is -2.13. The van der Waals surface area contributed by atoms with Crippen molar-refractivity contribution in [3.63, 3.8) is 0 Å². The lowest BCUT2D eigenvalue weighted by Crippen LogP contribution is -2.09. The van der Waals surface area contributed by atoms with Gasteiger partial charge in [0.25, 0.3) is 0 Å². The Morgan fingerprint density at radius 3 is 2.33 bits per heavy atom. The highest BCUT2D eigenvalue weighted by atomic mass is 35.5. The van der Waals surface area contributed by atoms with Crippen LogP contribution >= 0.6 is 23.2 Å². The standard InChI is InChI=1S/C16H20Cl2N2O/c1-3-15(4-2)20-6-5-14(19-20)10-16(21)11-7-12(17)9-13(18)8-11/h5-9,15-16,21H,3-4,10H2,1-2H3. The van der Waals surface area contributed by atoms with E-state index in [0.29, 0.717) is 28.1 Å². The molecular weight excluding hydrogens is 307 g/mol. The molecule has 0 aliphatic carbocycles. The van der Waals surface area contributed by atoms with E-state index in [4.69, 9.17) is 23.2 Å². The predicted molar refractivity (Wildman–Crippen MR) is 87.0 cm³/mol. The Morgan fingerprint density at radius 2 is 1.76 bits per heavy atom. The Kier molecular flexibility index (Phi) is 5.68. The van der Waals surface area contributed by atoms with E-state index in [1.54, 1.807) is 18.2 Å². The summed E-state index contributed by atoms with van der Waals surface area (Å²) in [6.07, 6.45) is 3.86. The van der Waals surface area contributed by atoms with Crippen molar-refractivity contribution in [1.29, 1.82) is 0 Å². The van der Waals surface area contributed by atoms with Gasteiger partial charge in [0.2, 0.25) is 0 Å².